The van der Waals surface area contributed by atoms with Gasteiger partial charge >= 0.3 is 5.97 Å². The predicted molar refractivity (Wildman–Crippen MR) is 147 cm³/mol. The highest BCUT2D eigenvalue weighted by Crippen LogP contribution is 2.22. The van der Waals surface area contributed by atoms with E-state index in [9.17, 15) is 19.5 Å². The lowest BCUT2D eigenvalue weighted by Gasteiger charge is -2.32. The van der Waals surface area contributed by atoms with Crippen molar-refractivity contribution in [1.29, 1.82) is 0 Å². The molecule has 2 amide bonds. The number of carbonyl (C=O) groups is 3. The van der Waals surface area contributed by atoms with Gasteiger partial charge in [-0.1, -0.05) is 48.5 Å². The number of aryl methyl sites for hydroxylation is 1. The highest BCUT2D eigenvalue weighted by molar-refractivity contribution is 5.84. The normalized spacial score (nSPS) is 14.4. The third-order valence-corrected chi connectivity index (χ3v) is 7.04. The molecule has 1 aliphatic heterocycles. The standard InChI is InChI=1S/C31H35N3O5/c35-29(20-24-14-17-34(18-15-24)30(36)13-10-25-7-4-16-32-21-25)33-28(31(37)38)19-23-8-11-27(12-9-23)39-22-26-5-2-1-3-6-26/h1-9,11-12,16,21,24,28H,10,13-15,17-20,22H2,(H,33,35)(H,37,38). The van der Waals surface area contributed by atoms with E-state index in [4.69, 9.17) is 4.74 Å². The summed E-state index contributed by atoms with van der Waals surface area (Å²) in [6, 6.07) is 19.9. The SMILES string of the molecule is O=C(CC1CCN(C(=O)CCc2cccnc2)CC1)NC(Cc1ccc(OCc2ccccc2)cc1)C(=O)O. The molecule has 0 saturated carbocycles. The summed E-state index contributed by atoms with van der Waals surface area (Å²) in [4.78, 5) is 43.0. The van der Waals surface area contributed by atoms with Crippen molar-refractivity contribution in [1.82, 2.24) is 15.2 Å². The Hall–Kier alpha value is -4.20. The third kappa shape index (κ3) is 8.95. The fraction of sp³-hybridized carbons (Fsp3) is 0.355. The number of rotatable bonds is 12. The summed E-state index contributed by atoms with van der Waals surface area (Å²) in [6.07, 6.45) is 6.50. The lowest BCUT2D eigenvalue weighted by atomic mass is 9.92. The van der Waals surface area contributed by atoms with E-state index >= 15 is 0 Å². The minimum absolute atomic E-state index is 0.115. The Morgan fingerprint density at radius 2 is 1.67 bits per heavy atom. The van der Waals surface area contributed by atoms with Crippen LogP contribution >= 0.6 is 0 Å². The smallest absolute Gasteiger partial charge is 0.326 e. The second-order valence-corrected chi connectivity index (χ2v) is 9.97. The molecule has 39 heavy (non-hydrogen) atoms. The Morgan fingerprint density at radius 3 is 2.33 bits per heavy atom. The van der Waals surface area contributed by atoms with Crippen LogP contribution in [0, 0.1) is 5.92 Å². The predicted octanol–water partition coefficient (Wildman–Crippen LogP) is 4.03. The zero-order chi connectivity index (χ0) is 27.5. The van der Waals surface area contributed by atoms with Crippen LogP contribution in [0.15, 0.2) is 79.1 Å². The van der Waals surface area contributed by atoms with Gasteiger partial charge in [0.1, 0.15) is 18.4 Å². The molecule has 0 aliphatic carbocycles. The molecule has 8 heteroatoms. The molecule has 1 saturated heterocycles. The molecule has 8 nitrogen and oxygen atoms in total. The monoisotopic (exact) mass is 529 g/mol. The Morgan fingerprint density at radius 1 is 0.949 bits per heavy atom. The van der Waals surface area contributed by atoms with Crippen molar-refractivity contribution in [3.63, 3.8) is 0 Å². The van der Waals surface area contributed by atoms with E-state index in [-0.39, 0.29) is 30.6 Å². The van der Waals surface area contributed by atoms with E-state index in [0.717, 1.165) is 29.5 Å². The van der Waals surface area contributed by atoms with Gasteiger partial charge in [0, 0.05) is 44.7 Å². The lowest BCUT2D eigenvalue weighted by Crippen LogP contribution is -2.44. The number of nitrogens with one attached hydrogen (secondary N) is 1. The van der Waals surface area contributed by atoms with Gasteiger partial charge in [-0.15, -0.1) is 0 Å². The average molecular weight is 530 g/mol. The quantitative estimate of drug-likeness (QED) is 0.367. The maximum absolute atomic E-state index is 12.7. The molecule has 4 rings (SSSR count). The van der Waals surface area contributed by atoms with E-state index in [1.807, 2.05) is 71.6 Å². The Bertz CT molecular complexity index is 1210. The molecule has 1 aromatic heterocycles. The largest absolute Gasteiger partial charge is 0.489 e. The molecule has 1 atom stereocenters. The second kappa shape index (κ2) is 14.1. The van der Waals surface area contributed by atoms with Crippen LogP contribution in [0.5, 0.6) is 5.75 Å². The number of aromatic nitrogens is 1. The summed E-state index contributed by atoms with van der Waals surface area (Å²) < 4.78 is 5.79. The van der Waals surface area contributed by atoms with E-state index in [1.54, 1.807) is 12.4 Å². The maximum atomic E-state index is 12.7. The Kier molecular flexibility index (Phi) is 10.1. The molecule has 1 unspecified atom stereocenters. The highest BCUT2D eigenvalue weighted by Gasteiger charge is 2.26. The van der Waals surface area contributed by atoms with E-state index in [0.29, 0.717) is 38.3 Å². The van der Waals surface area contributed by atoms with Crippen molar-refractivity contribution in [2.45, 2.75) is 51.2 Å². The Balaban J connectivity index is 1.18. The molecule has 204 valence electrons. The topological polar surface area (TPSA) is 109 Å². The summed E-state index contributed by atoms with van der Waals surface area (Å²) in [5, 5.41) is 12.4. The molecule has 0 bridgehead atoms. The van der Waals surface area contributed by atoms with Crippen LogP contribution < -0.4 is 10.1 Å². The lowest BCUT2D eigenvalue weighted by molar-refractivity contribution is -0.142. The Labute approximate surface area is 229 Å². The number of pyridine rings is 1. The van der Waals surface area contributed by atoms with Crippen LogP contribution in [0.25, 0.3) is 0 Å². The van der Waals surface area contributed by atoms with Gasteiger partial charge in [0.25, 0.3) is 0 Å². The molecular formula is C31H35N3O5. The fourth-order valence-corrected chi connectivity index (χ4v) is 4.76. The van der Waals surface area contributed by atoms with Crippen LogP contribution in [-0.2, 0) is 33.8 Å². The number of hydrogen-bond donors (Lipinski definition) is 2. The summed E-state index contributed by atoms with van der Waals surface area (Å²) in [6.45, 7) is 1.68. The average Bonchev–Trinajstić information content (AvgIpc) is 2.96. The van der Waals surface area contributed by atoms with Gasteiger partial charge in [0.05, 0.1) is 0 Å². The second-order valence-electron chi connectivity index (χ2n) is 9.97. The number of benzene rings is 2. The zero-order valence-electron chi connectivity index (χ0n) is 22.0. The van der Waals surface area contributed by atoms with Gasteiger partial charge in [0.2, 0.25) is 11.8 Å². The van der Waals surface area contributed by atoms with E-state index in [2.05, 4.69) is 10.3 Å². The van der Waals surface area contributed by atoms with Crippen molar-refractivity contribution >= 4 is 17.8 Å². The van der Waals surface area contributed by atoms with Crippen LogP contribution in [0.3, 0.4) is 0 Å². The van der Waals surface area contributed by atoms with Crippen molar-refractivity contribution in [2.75, 3.05) is 13.1 Å². The summed E-state index contributed by atoms with van der Waals surface area (Å²) in [5.74, 6) is -0.402. The van der Waals surface area contributed by atoms with Crippen LogP contribution in [-0.4, -0.2) is 51.9 Å². The number of carbonyl (C=O) groups excluding carboxylic acids is 2. The van der Waals surface area contributed by atoms with E-state index < -0.39 is 12.0 Å². The molecule has 0 radical (unpaired) electrons. The maximum Gasteiger partial charge on any atom is 0.326 e. The zero-order valence-corrected chi connectivity index (χ0v) is 22.0. The minimum atomic E-state index is -1.07. The molecule has 1 fully saturated rings. The van der Waals surface area contributed by atoms with Crippen molar-refractivity contribution in [2.24, 2.45) is 5.92 Å². The number of likely N-dealkylation sites (tertiary alicyclic amines) is 1. The number of carboxylic acid groups (broad SMARTS) is 1. The van der Waals surface area contributed by atoms with Crippen LogP contribution in [0.1, 0.15) is 42.4 Å². The van der Waals surface area contributed by atoms with Gasteiger partial charge in [-0.25, -0.2) is 4.79 Å². The fourth-order valence-electron chi connectivity index (χ4n) is 4.76. The van der Waals surface area contributed by atoms with Gasteiger partial charge in [-0.05, 0) is 60.1 Å². The van der Waals surface area contributed by atoms with Crippen molar-refractivity contribution < 1.29 is 24.2 Å². The number of carboxylic acids is 1. The molecule has 2 heterocycles. The first-order valence-corrected chi connectivity index (χ1v) is 13.4. The number of nitrogens with zero attached hydrogens (tertiary/aromatic N) is 2. The molecule has 1 aliphatic rings. The number of ether oxygens (including phenoxy) is 1. The summed E-state index contributed by atoms with van der Waals surface area (Å²) >= 11 is 0. The number of aliphatic carboxylic acids is 1. The van der Waals surface area contributed by atoms with Gasteiger partial charge in [0.15, 0.2) is 0 Å². The summed E-state index contributed by atoms with van der Waals surface area (Å²) in [7, 11) is 0. The van der Waals surface area contributed by atoms with Crippen molar-refractivity contribution in [3.05, 3.63) is 95.8 Å². The minimum Gasteiger partial charge on any atom is -0.489 e. The highest BCUT2D eigenvalue weighted by atomic mass is 16.5. The first-order valence-electron chi connectivity index (χ1n) is 13.4. The van der Waals surface area contributed by atoms with Crippen LogP contribution in [0.4, 0.5) is 0 Å². The molecular weight excluding hydrogens is 494 g/mol. The van der Waals surface area contributed by atoms with Gasteiger partial charge in [-0.2, -0.15) is 0 Å². The first-order chi connectivity index (χ1) is 19.0. The van der Waals surface area contributed by atoms with Gasteiger partial charge < -0.3 is 20.1 Å². The molecule has 3 aromatic rings. The van der Waals surface area contributed by atoms with Crippen LogP contribution in [0.2, 0.25) is 0 Å². The number of hydrogen-bond acceptors (Lipinski definition) is 5. The third-order valence-electron chi connectivity index (χ3n) is 7.04. The first kappa shape index (κ1) is 27.8. The van der Waals surface area contributed by atoms with Crippen molar-refractivity contribution in [3.8, 4) is 5.75 Å². The van der Waals surface area contributed by atoms with E-state index in [1.165, 1.54) is 0 Å². The molecule has 2 N–H and O–H groups in total. The molecule has 2 aromatic carbocycles. The number of amides is 2. The summed E-state index contributed by atoms with van der Waals surface area (Å²) in [5.41, 5.74) is 2.90. The van der Waals surface area contributed by atoms with Gasteiger partial charge in [-0.3, -0.25) is 14.6 Å². The number of piperidine rings is 1. The molecule has 0 spiro atoms.